The zero-order valence-electron chi connectivity index (χ0n) is 15.9. The van der Waals surface area contributed by atoms with E-state index in [4.69, 9.17) is 0 Å². The fraction of sp³-hybridized carbons (Fsp3) is 0.273. The van der Waals surface area contributed by atoms with E-state index in [0.29, 0.717) is 6.54 Å². The molecule has 0 bridgehead atoms. The Morgan fingerprint density at radius 3 is 2.61 bits per heavy atom. The minimum absolute atomic E-state index is 0.0190. The van der Waals surface area contributed by atoms with Crippen molar-refractivity contribution in [3.63, 3.8) is 0 Å². The molecule has 0 saturated heterocycles. The van der Waals surface area contributed by atoms with Crippen LogP contribution in [0.5, 0.6) is 0 Å². The summed E-state index contributed by atoms with van der Waals surface area (Å²) >= 11 is 0. The number of nitrogens with zero attached hydrogens (tertiary/aromatic N) is 3. The smallest absolute Gasteiger partial charge is 0.191 e. The van der Waals surface area contributed by atoms with Crippen LogP contribution in [0.4, 0.5) is 4.39 Å². The Morgan fingerprint density at radius 2 is 1.96 bits per heavy atom. The van der Waals surface area contributed by atoms with Gasteiger partial charge in [0.2, 0.25) is 0 Å². The van der Waals surface area contributed by atoms with Gasteiger partial charge in [0.05, 0.1) is 5.69 Å². The number of guanidine groups is 1. The van der Waals surface area contributed by atoms with Crippen LogP contribution >= 0.6 is 0 Å². The molecule has 1 saturated carbocycles. The molecule has 1 heterocycles. The standard InChI is InChI=1S/C22H24FN5/c1-24-21(26-16-22(10-11-22)18-4-2-5-19(23)14-18)25-15-17-6-8-20(9-7-17)28-13-3-12-27-28/h2-9,12-14H,10-11,15-16H2,1H3,(H2,24,25,26). The number of hydrogen-bond acceptors (Lipinski definition) is 2. The van der Waals surface area contributed by atoms with Crippen LogP contribution < -0.4 is 10.6 Å². The Bertz CT molecular complexity index is 943. The number of hydrogen-bond donors (Lipinski definition) is 2. The molecule has 0 radical (unpaired) electrons. The van der Waals surface area contributed by atoms with Gasteiger partial charge in [-0.05, 0) is 54.3 Å². The maximum atomic E-state index is 13.6. The molecule has 1 aromatic heterocycles. The molecule has 1 aliphatic carbocycles. The molecular weight excluding hydrogens is 353 g/mol. The maximum Gasteiger partial charge on any atom is 0.191 e. The molecule has 0 unspecified atom stereocenters. The van der Waals surface area contributed by atoms with Gasteiger partial charge in [-0.2, -0.15) is 5.10 Å². The molecule has 0 aliphatic heterocycles. The summed E-state index contributed by atoms with van der Waals surface area (Å²) in [6.45, 7) is 1.42. The number of aliphatic imine (C=N–C) groups is 1. The predicted molar refractivity (Wildman–Crippen MR) is 109 cm³/mol. The highest BCUT2D eigenvalue weighted by molar-refractivity contribution is 5.79. The summed E-state index contributed by atoms with van der Waals surface area (Å²) in [5, 5.41) is 11.0. The van der Waals surface area contributed by atoms with Crippen LogP contribution in [0, 0.1) is 5.82 Å². The predicted octanol–water partition coefficient (Wildman–Crippen LogP) is 3.41. The van der Waals surface area contributed by atoms with E-state index in [1.807, 2.05) is 35.1 Å². The average molecular weight is 377 g/mol. The van der Waals surface area contributed by atoms with Crippen LogP contribution in [0.15, 0.2) is 72.0 Å². The summed E-state index contributed by atoms with van der Waals surface area (Å²) in [5.74, 6) is 0.573. The molecule has 0 amide bonds. The highest BCUT2D eigenvalue weighted by atomic mass is 19.1. The first-order valence-electron chi connectivity index (χ1n) is 9.48. The number of aromatic nitrogens is 2. The summed E-state index contributed by atoms with van der Waals surface area (Å²) in [6, 6.07) is 17.1. The van der Waals surface area contributed by atoms with Gasteiger partial charge < -0.3 is 10.6 Å². The molecule has 5 nitrogen and oxygen atoms in total. The van der Waals surface area contributed by atoms with Gasteiger partial charge in [0.15, 0.2) is 5.96 Å². The lowest BCUT2D eigenvalue weighted by molar-refractivity contribution is 0.607. The Kier molecular flexibility index (Phi) is 5.10. The number of nitrogens with one attached hydrogen (secondary N) is 2. The summed E-state index contributed by atoms with van der Waals surface area (Å²) in [5.41, 5.74) is 3.27. The van der Waals surface area contributed by atoms with Crippen molar-refractivity contribution in [2.45, 2.75) is 24.8 Å². The number of halogens is 1. The second-order valence-electron chi connectivity index (χ2n) is 7.19. The molecule has 0 atom stereocenters. The minimum atomic E-state index is -0.176. The number of benzene rings is 2. The Labute approximate surface area is 164 Å². The quantitative estimate of drug-likeness (QED) is 0.511. The van der Waals surface area contributed by atoms with E-state index < -0.39 is 0 Å². The van der Waals surface area contributed by atoms with Gasteiger partial charge in [0.25, 0.3) is 0 Å². The molecule has 28 heavy (non-hydrogen) atoms. The van der Waals surface area contributed by atoms with Crippen molar-refractivity contribution in [2.24, 2.45) is 4.99 Å². The second kappa shape index (κ2) is 7.84. The average Bonchev–Trinajstić information content (AvgIpc) is 3.32. The van der Waals surface area contributed by atoms with Crippen molar-refractivity contribution < 1.29 is 4.39 Å². The minimum Gasteiger partial charge on any atom is -0.356 e. The van der Waals surface area contributed by atoms with Crippen LogP contribution in [0.3, 0.4) is 0 Å². The summed E-state index contributed by atoms with van der Waals surface area (Å²) in [6.07, 6.45) is 5.82. The van der Waals surface area contributed by atoms with E-state index in [2.05, 4.69) is 32.9 Å². The summed E-state index contributed by atoms with van der Waals surface area (Å²) in [7, 11) is 1.76. The van der Waals surface area contributed by atoms with Crippen molar-refractivity contribution in [3.05, 3.63) is 83.9 Å². The normalized spacial score (nSPS) is 15.3. The SMILES string of the molecule is CN=C(NCc1ccc(-n2cccn2)cc1)NCC1(c2cccc(F)c2)CC1. The van der Waals surface area contributed by atoms with Gasteiger partial charge in [-0.3, -0.25) is 4.99 Å². The summed E-state index contributed by atoms with van der Waals surface area (Å²) in [4.78, 5) is 4.31. The van der Waals surface area contributed by atoms with E-state index in [-0.39, 0.29) is 11.2 Å². The van der Waals surface area contributed by atoms with Crippen molar-refractivity contribution >= 4 is 5.96 Å². The van der Waals surface area contributed by atoms with E-state index in [0.717, 1.165) is 42.2 Å². The lowest BCUT2D eigenvalue weighted by Gasteiger charge is -2.19. The number of rotatable bonds is 6. The second-order valence-corrected chi connectivity index (χ2v) is 7.19. The Morgan fingerprint density at radius 1 is 1.14 bits per heavy atom. The maximum absolute atomic E-state index is 13.6. The fourth-order valence-electron chi connectivity index (χ4n) is 3.38. The lowest BCUT2D eigenvalue weighted by atomic mass is 9.96. The van der Waals surface area contributed by atoms with Crippen LogP contribution in [-0.4, -0.2) is 29.3 Å². The molecular formula is C22H24FN5. The first-order chi connectivity index (χ1) is 13.7. The monoisotopic (exact) mass is 377 g/mol. The third-order valence-corrected chi connectivity index (χ3v) is 5.27. The Balaban J connectivity index is 1.32. The van der Waals surface area contributed by atoms with E-state index in [1.54, 1.807) is 25.4 Å². The van der Waals surface area contributed by atoms with Crippen LogP contribution in [-0.2, 0) is 12.0 Å². The van der Waals surface area contributed by atoms with Gasteiger partial charge in [0, 0.05) is 37.9 Å². The van der Waals surface area contributed by atoms with E-state index in [9.17, 15) is 4.39 Å². The van der Waals surface area contributed by atoms with E-state index in [1.165, 1.54) is 6.07 Å². The van der Waals surface area contributed by atoms with Crippen molar-refractivity contribution in [1.29, 1.82) is 0 Å². The van der Waals surface area contributed by atoms with Gasteiger partial charge in [-0.25, -0.2) is 9.07 Å². The van der Waals surface area contributed by atoms with Crippen LogP contribution in [0.2, 0.25) is 0 Å². The molecule has 6 heteroatoms. The Hall–Kier alpha value is -3.15. The third kappa shape index (κ3) is 4.06. The van der Waals surface area contributed by atoms with Gasteiger partial charge >= 0.3 is 0 Å². The molecule has 1 fully saturated rings. The van der Waals surface area contributed by atoms with E-state index >= 15 is 0 Å². The lowest BCUT2D eigenvalue weighted by Crippen LogP contribution is -2.40. The van der Waals surface area contributed by atoms with Crippen LogP contribution in [0.1, 0.15) is 24.0 Å². The molecule has 2 N–H and O–H groups in total. The van der Waals surface area contributed by atoms with Crippen LogP contribution in [0.25, 0.3) is 5.69 Å². The van der Waals surface area contributed by atoms with Crippen molar-refractivity contribution in [1.82, 2.24) is 20.4 Å². The van der Waals surface area contributed by atoms with Gasteiger partial charge in [-0.15, -0.1) is 0 Å². The molecule has 3 aromatic rings. The summed E-state index contributed by atoms with van der Waals surface area (Å²) < 4.78 is 15.4. The highest BCUT2D eigenvalue weighted by Crippen LogP contribution is 2.47. The molecule has 2 aromatic carbocycles. The molecule has 144 valence electrons. The van der Waals surface area contributed by atoms with Crippen molar-refractivity contribution in [2.75, 3.05) is 13.6 Å². The highest BCUT2D eigenvalue weighted by Gasteiger charge is 2.44. The zero-order valence-corrected chi connectivity index (χ0v) is 15.9. The first-order valence-corrected chi connectivity index (χ1v) is 9.48. The third-order valence-electron chi connectivity index (χ3n) is 5.27. The molecule has 4 rings (SSSR count). The van der Waals surface area contributed by atoms with Crippen molar-refractivity contribution in [3.8, 4) is 5.69 Å². The topological polar surface area (TPSA) is 54.2 Å². The van der Waals surface area contributed by atoms with Gasteiger partial charge in [-0.1, -0.05) is 24.3 Å². The zero-order chi connectivity index (χ0) is 19.4. The largest absolute Gasteiger partial charge is 0.356 e. The first kappa shape index (κ1) is 18.2. The van der Waals surface area contributed by atoms with Gasteiger partial charge in [0.1, 0.15) is 5.82 Å². The molecule has 1 aliphatic rings. The molecule has 0 spiro atoms. The fourth-order valence-corrected chi connectivity index (χ4v) is 3.38.